The molecule has 5 rings (SSSR count). The van der Waals surface area contributed by atoms with E-state index in [0.29, 0.717) is 0 Å². The number of benzene rings is 1. The van der Waals surface area contributed by atoms with E-state index >= 15 is 0 Å². The van der Waals surface area contributed by atoms with E-state index in [2.05, 4.69) is 10.3 Å². The van der Waals surface area contributed by atoms with Gasteiger partial charge in [0.25, 0.3) is 5.91 Å². The van der Waals surface area contributed by atoms with Gasteiger partial charge in [0.1, 0.15) is 5.52 Å². The summed E-state index contributed by atoms with van der Waals surface area (Å²) >= 11 is 0. The summed E-state index contributed by atoms with van der Waals surface area (Å²) in [5.74, 6) is 0.131. The highest BCUT2D eigenvalue weighted by Crippen LogP contribution is 2.61. The number of nitrogens with zero attached hydrogens (tertiary/aromatic N) is 1. The lowest BCUT2D eigenvalue weighted by Gasteiger charge is -2.57. The number of hydrogen-bond acceptors (Lipinski definition) is 5. The summed E-state index contributed by atoms with van der Waals surface area (Å²) in [7, 11) is -3.29. The maximum absolute atomic E-state index is 12.5. The van der Waals surface area contributed by atoms with Gasteiger partial charge in [0.15, 0.2) is 33.1 Å². The Morgan fingerprint density at radius 2 is 1.90 bits per heavy atom. The summed E-state index contributed by atoms with van der Waals surface area (Å²) in [5, 5.41) is 2.00. The second kappa shape index (κ2) is 6.94. The molecule has 1 amide bonds. The molecule has 1 unspecified atom stereocenters. The molecule has 10 heteroatoms. The Bertz CT molecular complexity index is 1180. The first-order chi connectivity index (χ1) is 14.6. The molecule has 164 valence electrons. The lowest BCUT2D eigenvalue weighted by atomic mass is 9.50. The zero-order chi connectivity index (χ0) is 22.0. The van der Waals surface area contributed by atoms with Gasteiger partial charge in [-0.1, -0.05) is 6.07 Å². The molecule has 1 N–H and O–H groups in total. The molecule has 1 spiro atoms. The standard InChI is InChI=1S/C21H19F3N2O4S/c1-11-2-3-15-14(6-11)26-19(30-15)12-7-20(8-12)9-13(10-20)25-18(27)16-4-5-17(29-16)31(28)21(22,23)24/h2-6,12-13H,7-10H2,1H3,(H,25,27). The summed E-state index contributed by atoms with van der Waals surface area (Å²) in [6.07, 6.45) is 3.44. The normalized spacial score (nSPS) is 26.5. The molecule has 0 radical (unpaired) electrons. The largest absolute Gasteiger partial charge is 0.478 e. The van der Waals surface area contributed by atoms with Gasteiger partial charge in [-0.2, -0.15) is 13.2 Å². The first-order valence-corrected chi connectivity index (χ1v) is 11.0. The van der Waals surface area contributed by atoms with E-state index < -0.39 is 27.3 Å². The van der Waals surface area contributed by atoms with Crippen molar-refractivity contribution in [2.75, 3.05) is 0 Å². The van der Waals surface area contributed by atoms with Crippen molar-refractivity contribution in [3.63, 3.8) is 0 Å². The number of oxazole rings is 1. The zero-order valence-electron chi connectivity index (χ0n) is 16.5. The van der Waals surface area contributed by atoms with E-state index in [4.69, 9.17) is 8.83 Å². The van der Waals surface area contributed by atoms with E-state index in [-0.39, 0.29) is 23.1 Å². The molecule has 31 heavy (non-hydrogen) atoms. The highest BCUT2D eigenvalue weighted by molar-refractivity contribution is 7.85. The highest BCUT2D eigenvalue weighted by Gasteiger charge is 2.54. The molecule has 2 heterocycles. The molecule has 6 nitrogen and oxygen atoms in total. The van der Waals surface area contributed by atoms with Crippen LogP contribution in [0, 0.1) is 12.3 Å². The number of aryl methyl sites for hydroxylation is 1. The number of aromatic nitrogens is 1. The van der Waals surface area contributed by atoms with Crippen LogP contribution in [0.5, 0.6) is 0 Å². The van der Waals surface area contributed by atoms with Crippen LogP contribution in [-0.4, -0.2) is 26.7 Å². The fraction of sp³-hybridized carbons (Fsp3) is 0.429. The number of halogens is 3. The summed E-state index contributed by atoms with van der Waals surface area (Å²) < 4.78 is 59.6. The van der Waals surface area contributed by atoms with Crippen molar-refractivity contribution in [3.05, 3.63) is 47.5 Å². The second-order valence-electron chi connectivity index (χ2n) is 8.54. The molecule has 1 atom stereocenters. The Morgan fingerprint density at radius 3 is 2.61 bits per heavy atom. The summed E-state index contributed by atoms with van der Waals surface area (Å²) in [4.78, 5) is 16.9. The number of fused-ring (bicyclic) bond motifs is 1. The minimum Gasteiger partial charge on any atom is -0.442 e. The molecule has 2 aliphatic rings. The molecule has 1 aromatic carbocycles. The maximum atomic E-state index is 12.5. The number of hydrogen-bond donors (Lipinski definition) is 1. The van der Waals surface area contributed by atoms with Crippen molar-refractivity contribution >= 4 is 27.8 Å². The highest BCUT2D eigenvalue weighted by atomic mass is 32.2. The SMILES string of the molecule is Cc1ccc2oc(C3CC4(CC(NC(=O)c5ccc(S(=O)C(F)(F)F)o5)C4)C3)nc2c1. The van der Waals surface area contributed by atoms with Crippen LogP contribution in [0.1, 0.15) is 53.6 Å². The van der Waals surface area contributed by atoms with Gasteiger partial charge in [0, 0.05) is 12.0 Å². The van der Waals surface area contributed by atoms with Crippen molar-refractivity contribution in [1.82, 2.24) is 10.3 Å². The fourth-order valence-electron chi connectivity index (χ4n) is 4.72. The van der Waals surface area contributed by atoms with Gasteiger partial charge >= 0.3 is 5.51 Å². The molecular weight excluding hydrogens is 433 g/mol. The minimum atomic E-state index is -4.93. The van der Waals surface area contributed by atoms with E-state index in [9.17, 15) is 22.2 Å². The third-order valence-electron chi connectivity index (χ3n) is 6.16. The van der Waals surface area contributed by atoms with Gasteiger partial charge in [-0.05, 0) is 67.9 Å². The number of carbonyl (C=O) groups excluding carboxylic acids is 1. The maximum Gasteiger partial charge on any atom is 0.478 e. The molecule has 0 aliphatic heterocycles. The first kappa shape index (κ1) is 20.3. The van der Waals surface area contributed by atoms with Crippen LogP contribution in [0.25, 0.3) is 11.1 Å². The fourth-order valence-corrected chi connectivity index (χ4v) is 5.31. The molecule has 2 fully saturated rings. The van der Waals surface area contributed by atoms with Crippen molar-refractivity contribution < 1.29 is 31.0 Å². The van der Waals surface area contributed by atoms with Gasteiger partial charge in [-0.3, -0.25) is 4.79 Å². The van der Waals surface area contributed by atoms with Crippen LogP contribution in [0.15, 0.2) is 44.3 Å². The number of carbonyl (C=O) groups is 1. The Hall–Kier alpha value is -2.62. The van der Waals surface area contributed by atoms with Crippen molar-refractivity contribution in [2.45, 2.75) is 55.2 Å². The summed E-state index contributed by atoms with van der Waals surface area (Å²) in [6, 6.07) is 7.86. The lowest BCUT2D eigenvalue weighted by molar-refractivity contribution is -0.0394. The molecule has 0 saturated heterocycles. The first-order valence-electron chi connectivity index (χ1n) is 9.88. The Morgan fingerprint density at radius 1 is 1.16 bits per heavy atom. The molecule has 2 saturated carbocycles. The van der Waals surface area contributed by atoms with E-state index in [0.717, 1.165) is 60.4 Å². The number of nitrogens with one attached hydrogen (secondary N) is 1. The van der Waals surface area contributed by atoms with Crippen molar-refractivity contribution in [1.29, 1.82) is 0 Å². The predicted octanol–water partition coefficient (Wildman–Crippen LogP) is 4.81. The number of furan rings is 1. The molecule has 2 aromatic heterocycles. The predicted molar refractivity (Wildman–Crippen MR) is 105 cm³/mol. The zero-order valence-corrected chi connectivity index (χ0v) is 17.3. The topological polar surface area (TPSA) is 85.3 Å². The van der Waals surface area contributed by atoms with Crippen LogP contribution in [0.2, 0.25) is 0 Å². The Balaban J connectivity index is 1.14. The Kier molecular flexibility index (Phi) is 4.55. The average Bonchev–Trinajstić information content (AvgIpc) is 3.27. The minimum absolute atomic E-state index is 0.0682. The molecular formula is C21H19F3N2O4S. The Labute approximate surface area is 177 Å². The number of rotatable bonds is 4. The van der Waals surface area contributed by atoms with Gasteiger partial charge in [0.2, 0.25) is 0 Å². The third kappa shape index (κ3) is 3.66. The summed E-state index contributed by atoms with van der Waals surface area (Å²) in [6.45, 7) is 2.01. The van der Waals surface area contributed by atoms with Crippen LogP contribution in [0.3, 0.4) is 0 Å². The van der Waals surface area contributed by atoms with Gasteiger partial charge < -0.3 is 14.2 Å². The van der Waals surface area contributed by atoms with Crippen LogP contribution >= 0.6 is 0 Å². The third-order valence-corrected chi connectivity index (χ3v) is 7.17. The second-order valence-corrected chi connectivity index (χ2v) is 9.94. The van der Waals surface area contributed by atoms with Crippen LogP contribution in [-0.2, 0) is 10.8 Å². The summed E-state index contributed by atoms with van der Waals surface area (Å²) in [5.41, 5.74) is -2.02. The van der Waals surface area contributed by atoms with Crippen molar-refractivity contribution in [2.24, 2.45) is 5.41 Å². The van der Waals surface area contributed by atoms with E-state index in [1.807, 2.05) is 25.1 Å². The van der Waals surface area contributed by atoms with Gasteiger partial charge in [0.05, 0.1) is 0 Å². The molecule has 2 aliphatic carbocycles. The number of amides is 1. The van der Waals surface area contributed by atoms with E-state index in [1.165, 1.54) is 0 Å². The van der Waals surface area contributed by atoms with Gasteiger partial charge in [-0.25, -0.2) is 9.19 Å². The van der Waals surface area contributed by atoms with Crippen LogP contribution < -0.4 is 5.32 Å². The van der Waals surface area contributed by atoms with Crippen molar-refractivity contribution in [3.8, 4) is 0 Å². The van der Waals surface area contributed by atoms with E-state index in [1.54, 1.807) is 0 Å². The molecule has 0 bridgehead atoms. The lowest BCUT2D eigenvalue weighted by Crippen LogP contribution is -2.55. The van der Waals surface area contributed by atoms with Crippen LogP contribution in [0.4, 0.5) is 13.2 Å². The monoisotopic (exact) mass is 452 g/mol. The molecule has 3 aromatic rings. The van der Waals surface area contributed by atoms with Gasteiger partial charge in [-0.15, -0.1) is 0 Å². The quantitative estimate of drug-likeness (QED) is 0.614. The number of alkyl halides is 3. The smallest absolute Gasteiger partial charge is 0.442 e. The average molecular weight is 452 g/mol.